The number of anilines is 2. The second kappa shape index (κ2) is 9.24. The van der Waals surface area contributed by atoms with E-state index in [2.05, 4.69) is 10.6 Å². The maximum absolute atomic E-state index is 13.5. The van der Waals surface area contributed by atoms with Gasteiger partial charge in [-0.2, -0.15) is 0 Å². The zero-order chi connectivity index (χ0) is 22.7. The van der Waals surface area contributed by atoms with Crippen LogP contribution in [0.4, 0.5) is 15.8 Å². The van der Waals surface area contributed by atoms with Crippen LogP contribution in [0, 0.1) is 5.82 Å². The first-order valence-electron chi connectivity index (χ1n) is 10.1. The minimum absolute atomic E-state index is 0.152. The van der Waals surface area contributed by atoms with E-state index in [0.717, 1.165) is 12.8 Å². The lowest BCUT2D eigenvalue weighted by atomic mass is 10.0. The fourth-order valence-corrected chi connectivity index (χ4v) is 3.44. The lowest BCUT2D eigenvalue weighted by molar-refractivity contribution is -0.115. The number of nitrogens with one attached hydrogen (secondary N) is 2. The molecule has 1 fully saturated rings. The lowest BCUT2D eigenvalue weighted by Crippen LogP contribution is -2.26. The number of benzene rings is 3. The van der Waals surface area contributed by atoms with E-state index >= 15 is 0 Å². The maximum Gasteiger partial charge on any atom is 0.255 e. The van der Waals surface area contributed by atoms with Crippen LogP contribution in [0.25, 0.3) is 11.6 Å². The van der Waals surface area contributed by atoms with Crippen LogP contribution < -0.4 is 16.4 Å². The van der Waals surface area contributed by atoms with Crippen LogP contribution in [-0.4, -0.2) is 17.9 Å². The van der Waals surface area contributed by atoms with E-state index in [0.29, 0.717) is 33.6 Å². The first-order valence-corrected chi connectivity index (χ1v) is 10.5. The van der Waals surface area contributed by atoms with Crippen molar-refractivity contribution in [3.05, 3.63) is 94.3 Å². The Balaban J connectivity index is 1.59. The molecule has 0 aromatic heterocycles. The second-order valence-electron chi connectivity index (χ2n) is 7.59. The number of halogens is 2. The zero-order valence-electron chi connectivity index (χ0n) is 17.1. The van der Waals surface area contributed by atoms with Gasteiger partial charge in [-0.1, -0.05) is 35.9 Å². The molecule has 0 aliphatic heterocycles. The van der Waals surface area contributed by atoms with Crippen LogP contribution in [0.15, 0.2) is 66.7 Å². The van der Waals surface area contributed by atoms with E-state index in [1.54, 1.807) is 54.6 Å². The standard InChI is InChI=1S/C25H21ClFN3O2/c26-21-14-17(27)9-12-19(21)20(25(32)29-18-10-11-18)13-15-5-7-16(8-6-15)24(31)30-23-4-2-1-3-22(23)28/h1-9,12-14,18H,10-11,28H2,(H,29,32)(H,30,31)/b20-13+. The van der Waals surface area contributed by atoms with Gasteiger partial charge in [-0.05, 0) is 66.9 Å². The van der Waals surface area contributed by atoms with Crippen molar-refractivity contribution in [2.45, 2.75) is 18.9 Å². The Morgan fingerprint density at radius 1 is 1.03 bits per heavy atom. The topological polar surface area (TPSA) is 84.2 Å². The van der Waals surface area contributed by atoms with Gasteiger partial charge in [-0.3, -0.25) is 9.59 Å². The van der Waals surface area contributed by atoms with Crippen molar-refractivity contribution < 1.29 is 14.0 Å². The molecule has 0 radical (unpaired) electrons. The quantitative estimate of drug-likeness (QED) is 0.277. The molecule has 4 N–H and O–H groups in total. The molecule has 32 heavy (non-hydrogen) atoms. The molecule has 1 aliphatic carbocycles. The summed E-state index contributed by atoms with van der Waals surface area (Å²) in [6, 6.07) is 17.9. The SMILES string of the molecule is Nc1ccccc1NC(=O)c1ccc(/C=C(/C(=O)NC2CC2)c2ccc(F)cc2Cl)cc1. The van der Waals surface area contributed by atoms with E-state index in [1.807, 2.05) is 0 Å². The van der Waals surface area contributed by atoms with Crippen LogP contribution in [0.1, 0.15) is 34.3 Å². The second-order valence-corrected chi connectivity index (χ2v) is 8.00. The van der Waals surface area contributed by atoms with Crippen molar-refractivity contribution >= 4 is 46.4 Å². The number of para-hydroxylation sites is 2. The molecule has 3 aromatic carbocycles. The van der Waals surface area contributed by atoms with Gasteiger partial charge in [-0.25, -0.2) is 4.39 Å². The predicted molar refractivity (Wildman–Crippen MR) is 126 cm³/mol. The predicted octanol–water partition coefficient (Wildman–Crippen LogP) is 5.13. The Bertz CT molecular complexity index is 1200. The molecular formula is C25H21ClFN3O2. The molecule has 5 nitrogen and oxygen atoms in total. The number of carbonyl (C=O) groups excluding carboxylic acids is 2. The minimum Gasteiger partial charge on any atom is -0.397 e. The van der Waals surface area contributed by atoms with Gasteiger partial charge in [0.1, 0.15) is 5.82 Å². The van der Waals surface area contributed by atoms with Crippen LogP contribution in [0.3, 0.4) is 0 Å². The zero-order valence-corrected chi connectivity index (χ0v) is 17.8. The summed E-state index contributed by atoms with van der Waals surface area (Å²) in [6.45, 7) is 0. The van der Waals surface area contributed by atoms with Crippen LogP contribution in [0.5, 0.6) is 0 Å². The summed E-state index contributed by atoms with van der Waals surface area (Å²) in [5.41, 5.74) is 8.79. The van der Waals surface area contributed by atoms with Gasteiger partial charge in [0, 0.05) is 22.7 Å². The van der Waals surface area contributed by atoms with Gasteiger partial charge in [0.25, 0.3) is 11.8 Å². The number of amides is 2. The highest BCUT2D eigenvalue weighted by atomic mass is 35.5. The van der Waals surface area contributed by atoms with E-state index in [1.165, 1.54) is 18.2 Å². The Labute approximate surface area is 190 Å². The Morgan fingerprint density at radius 2 is 1.75 bits per heavy atom. The molecule has 1 saturated carbocycles. The summed E-state index contributed by atoms with van der Waals surface area (Å²) in [7, 11) is 0. The number of nitrogens with two attached hydrogens (primary N) is 1. The molecule has 162 valence electrons. The van der Waals surface area contributed by atoms with E-state index in [-0.39, 0.29) is 22.9 Å². The average molecular weight is 450 g/mol. The van der Waals surface area contributed by atoms with Crippen molar-refractivity contribution in [1.82, 2.24) is 5.32 Å². The van der Waals surface area contributed by atoms with Crippen LogP contribution >= 0.6 is 11.6 Å². The van der Waals surface area contributed by atoms with Gasteiger partial charge >= 0.3 is 0 Å². The molecule has 4 rings (SSSR count). The van der Waals surface area contributed by atoms with Crippen LogP contribution in [-0.2, 0) is 4.79 Å². The normalized spacial score (nSPS) is 13.5. The van der Waals surface area contributed by atoms with E-state index < -0.39 is 5.82 Å². The number of carbonyl (C=O) groups is 2. The van der Waals surface area contributed by atoms with Gasteiger partial charge in [0.2, 0.25) is 0 Å². The summed E-state index contributed by atoms with van der Waals surface area (Å²) in [5.74, 6) is -1.05. The monoisotopic (exact) mass is 449 g/mol. The smallest absolute Gasteiger partial charge is 0.255 e. The fourth-order valence-electron chi connectivity index (χ4n) is 3.17. The highest BCUT2D eigenvalue weighted by molar-refractivity contribution is 6.36. The third-order valence-corrected chi connectivity index (χ3v) is 5.38. The highest BCUT2D eigenvalue weighted by Gasteiger charge is 2.26. The van der Waals surface area contributed by atoms with Gasteiger partial charge in [0.15, 0.2) is 0 Å². The third kappa shape index (κ3) is 5.15. The van der Waals surface area contributed by atoms with Crippen molar-refractivity contribution in [3.63, 3.8) is 0 Å². The highest BCUT2D eigenvalue weighted by Crippen LogP contribution is 2.29. The Kier molecular flexibility index (Phi) is 6.23. The van der Waals surface area contributed by atoms with Gasteiger partial charge in [-0.15, -0.1) is 0 Å². The third-order valence-electron chi connectivity index (χ3n) is 5.07. The fraction of sp³-hybridized carbons (Fsp3) is 0.120. The summed E-state index contributed by atoms with van der Waals surface area (Å²) in [6.07, 6.45) is 3.55. The molecule has 7 heteroatoms. The first-order chi connectivity index (χ1) is 15.4. The first kappa shape index (κ1) is 21.6. The molecule has 0 atom stereocenters. The number of rotatable bonds is 6. The van der Waals surface area contributed by atoms with Gasteiger partial charge < -0.3 is 16.4 Å². The van der Waals surface area contributed by atoms with Crippen molar-refractivity contribution in [2.75, 3.05) is 11.1 Å². The van der Waals surface area contributed by atoms with E-state index in [4.69, 9.17) is 17.3 Å². The molecule has 0 saturated heterocycles. The van der Waals surface area contributed by atoms with Crippen molar-refractivity contribution in [3.8, 4) is 0 Å². The molecule has 0 unspecified atom stereocenters. The summed E-state index contributed by atoms with van der Waals surface area (Å²) in [4.78, 5) is 25.4. The molecule has 3 aromatic rings. The molecule has 0 bridgehead atoms. The Morgan fingerprint density at radius 3 is 2.41 bits per heavy atom. The summed E-state index contributed by atoms with van der Waals surface area (Å²) < 4.78 is 13.5. The van der Waals surface area contributed by atoms with Gasteiger partial charge in [0.05, 0.1) is 16.4 Å². The molecular weight excluding hydrogens is 429 g/mol. The number of hydrogen-bond donors (Lipinski definition) is 3. The molecule has 1 aliphatic rings. The lowest BCUT2D eigenvalue weighted by Gasteiger charge is -2.11. The molecule has 0 heterocycles. The number of hydrogen-bond acceptors (Lipinski definition) is 3. The van der Waals surface area contributed by atoms with E-state index in [9.17, 15) is 14.0 Å². The van der Waals surface area contributed by atoms with Crippen molar-refractivity contribution in [2.24, 2.45) is 0 Å². The summed E-state index contributed by atoms with van der Waals surface area (Å²) >= 11 is 6.22. The maximum atomic E-state index is 13.5. The average Bonchev–Trinajstić information content (AvgIpc) is 3.58. The number of nitrogen functional groups attached to an aromatic ring is 1. The minimum atomic E-state index is -0.477. The molecule has 0 spiro atoms. The van der Waals surface area contributed by atoms with Crippen LogP contribution in [0.2, 0.25) is 5.02 Å². The summed E-state index contributed by atoms with van der Waals surface area (Å²) in [5, 5.41) is 5.87. The Hall–Kier alpha value is -3.64. The van der Waals surface area contributed by atoms with Crippen molar-refractivity contribution in [1.29, 1.82) is 0 Å². The molecule has 2 amide bonds. The largest absolute Gasteiger partial charge is 0.397 e.